The first-order valence-corrected chi connectivity index (χ1v) is 8.88. The molecule has 0 fully saturated rings. The average molecular weight is 354 g/mol. The Morgan fingerprint density at radius 3 is 2.77 bits per heavy atom. The predicted octanol–water partition coefficient (Wildman–Crippen LogP) is 3.61. The third-order valence-electron chi connectivity index (χ3n) is 4.59. The van der Waals surface area contributed by atoms with E-state index in [2.05, 4.69) is 22.3 Å². The summed E-state index contributed by atoms with van der Waals surface area (Å²) in [6.07, 6.45) is 3.93. The fourth-order valence-electron chi connectivity index (χ4n) is 3.03. The molecule has 0 spiro atoms. The number of nitrogens with zero attached hydrogens (tertiary/aromatic N) is 3. The molecule has 0 atom stereocenters. The van der Waals surface area contributed by atoms with Crippen molar-refractivity contribution in [3.63, 3.8) is 0 Å². The van der Waals surface area contributed by atoms with Crippen LogP contribution in [0, 0.1) is 19.7 Å². The minimum atomic E-state index is -0.233. The molecule has 0 aliphatic rings. The largest absolute Gasteiger partial charge is 0.352 e. The van der Waals surface area contributed by atoms with E-state index in [0.29, 0.717) is 29.7 Å². The number of rotatable bonds is 6. The van der Waals surface area contributed by atoms with Crippen LogP contribution in [0.3, 0.4) is 0 Å². The molecule has 136 valence electrons. The number of benzene rings is 1. The SMILES string of the molecule is CCCCNC(=O)c1cnn2c(C)c(Cc3ccccc3F)c(C)nc12. The van der Waals surface area contributed by atoms with Crippen LogP contribution in [0.25, 0.3) is 5.65 Å². The quantitative estimate of drug-likeness (QED) is 0.688. The lowest BCUT2D eigenvalue weighted by molar-refractivity contribution is 0.0954. The van der Waals surface area contributed by atoms with Crippen LogP contribution in [0.2, 0.25) is 0 Å². The molecule has 3 aromatic rings. The zero-order valence-electron chi connectivity index (χ0n) is 15.3. The van der Waals surface area contributed by atoms with Gasteiger partial charge in [0.15, 0.2) is 5.65 Å². The number of fused-ring (bicyclic) bond motifs is 1. The summed E-state index contributed by atoms with van der Waals surface area (Å²) < 4.78 is 15.7. The second-order valence-electron chi connectivity index (χ2n) is 6.43. The molecule has 0 unspecified atom stereocenters. The molecule has 1 amide bonds. The van der Waals surface area contributed by atoms with Crippen molar-refractivity contribution in [1.29, 1.82) is 0 Å². The summed E-state index contributed by atoms with van der Waals surface area (Å²) in [5.41, 5.74) is 4.17. The number of aromatic nitrogens is 3. The van der Waals surface area contributed by atoms with Gasteiger partial charge in [-0.2, -0.15) is 5.10 Å². The molecule has 0 saturated carbocycles. The Bertz CT molecular complexity index is 948. The van der Waals surface area contributed by atoms with Crippen molar-refractivity contribution in [2.75, 3.05) is 6.54 Å². The van der Waals surface area contributed by atoms with Gasteiger partial charge in [-0.1, -0.05) is 31.5 Å². The highest BCUT2D eigenvalue weighted by atomic mass is 19.1. The maximum Gasteiger partial charge on any atom is 0.256 e. The second-order valence-corrected chi connectivity index (χ2v) is 6.43. The van der Waals surface area contributed by atoms with E-state index in [1.807, 2.05) is 19.9 Å². The molecule has 2 aromatic heterocycles. The minimum Gasteiger partial charge on any atom is -0.352 e. The van der Waals surface area contributed by atoms with Crippen molar-refractivity contribution in [3.05, 3.63) is 64.4 Å². The fraction of sp³-hybridized carbons (Fsp3) is 0.350. The van der Waals surface area contributed by atoms with Gasteiger partial charge in [0, 0.05) is 24.4 Å². The highest BCUT2D eigenvalue weighted by Gasteiger charge is 2.18. The van der Waals surface area contributed by atoms with Crippen molar-refractivity contribution in [3.8, 4) is 0 Å². The lowest BCUT2D eigenvalue weighted by Crippen LogP contribution is -2.24. The summed E-state index contributed by atoms with van der Waals surface area (Å²) in [5.74, 6) is -0.399. The molecule has 0 bridgehead atoms. The number of carbonyl (C=O) groups is 1. The van der Waals surface area contributed by atoms with Crippen molar-refractivity contribution in [2.24, 2.45) is 0 Å². The van der Waals surface area contributed by atoms with Gasteiger partial charge in [0.1, 0.15) is 11.4 Å². The van der Waals surface area contributed by atoms with Gasteiger partial charge in [-0.3, -0.25) is 4.79 Å². The van der Waals surface area contributed by atoms with Crippen LogP contribution in [0.1, 0.15) is 52.6 Å². The molecule has 0 aliphatic heterocycles. The lowest BCUT2D eigenvalue weighted by atomic mass is 10.0. The molecule has 1 aromatic carbocycles. The fourth-order valence-corrected chi connectivity index (χ4v) is 3.03. The van der Waals surface area contributed by atoms with Gasteiger partial charge in [-0.15, -0.1) is 0 Å². The maximum atomic E-state index is 14.0. The van der Waals surface area contributed by atoms with Crippen molar-refractivity contribution in [2.45, 2.75) is 40.0 Å². The van der Waals surface area contributed by atoms with Gasteiger partial charge in [0.05, 0.1) is 6.20 Å². The van der Waals surface area contributed by atoms with Crippen molar-refractivity contribution in [1.82, 2.24) is 19.9 Å². The summed E-state index contributed by atoms with van der Waals surface area (Å²) >= 11 is 0. The van der Waals surface area contributed by atoms with Crippen molar-refractivity contribution >= 4 is 11.6 Å². The van der Waals surface area contributed by atoms with Gasteiger partial charge in [-0.05, 0) is 37.5 Å². The second kappa shape index (κ2) is 7.64. The highest BCUT2D eigenvalue weighted by Crippen LogP contribution is 2.21. The number of nitrogens with one attached hydrogen (secondary N) is 1. The number of carbonyl (C=O) groups excluding carboxylic acids is 1. The molecule has 1 N–H and O–H groups in total. The van der Waals surface area contributed by atoms with Crippen molar-refractivity contribution < 1.29 is 9.18 Å². The summed E-state index contributed by atoms with van der Waals surface area (Å²) in [6, 6.07) is 6.73. The van der Waals surface area contributed by atoms with Gasteiger partial charge in [-0.25, -0.2) is 13.9 Å². The van der Waals surface area contributed by atoms with E-state index in [9.17, 15) is 9.18 Å². The van der Waals surface area contributed by atoms with E-state index >= 15 is 0 Å². The molecule has 5 nitrogen and oxygen atoms in total. The first-order chi connectivity index (χ1) is 12.5. The Morgan fingerprint density at radius 2 is 2.04 bits per heavy atom. The van der Waals surface area contributed by atoms with E-state index in [-0.39, 0.29) is 11.7 Å². The smallest absolute Gasteiger partial charge is 0.256 e. The van der Waals surface area contributed by atoms with Crippen LogP contribution in [0.5, 0.6) is 0 Å². The zero-order valence-corrected chi connectivity index (χ0v) is 15.3. The molecule has 2 heterocycles. The Morgan fingerprint density at radius 1 is 1.27 bits per heavy atom. The van der Waals surface area contributed by atoms with Gasteiger partial charge < -0.3 is 5.32 Å². The van der Waals surface area contributed by atoms with Crippen LogP contribution in [-0.2, 0) is 6.42 Å². The summed E-state index contributed by atoms with van der Waals surface area (Å²) in [7, 11) is 0. The molecular weight excluding hydrogens is 331 g/mol. The number of aryl methyl sites for hydroxylation is 2. The number of unbranched alkanes of at least 4 members (excludes halogenated alkanes) is 1. The van der Waals surface area contributed by atoms with E-state index in [0.717, 1.165) is 29.8 Å². The van der Waals surface area contributed by atoms with E-state index in [1.165, 1.54) is 6.07 Å². The van der Waals surface area contributed by atoms with Crippen LogP contribution in [0.15, 0.2) is 30.5 Å². The average Bonchev–Trinajstić information content (AvgIpc) is 3.04. The number of hydrogen-bond donors (Lipinski definition) is 1. The van der Waals surface area contributed by atoms with Crippen LogP contribution < -0.4 is 5.32 Å². The first-order valence-electron chi connectivity index (χ1n) is 8.88. The third-order valence-corrected chi connectivity index (χ3v) is 4.59. The van der Waals surface area contributed by atoms with E-state index < -0.39 is 0 Å². The Kier molecular flexibility index (Phi) is 5.30. The molecule has 3 rings (SSSR count). The van der Waals surface area contributed by atoms with Crippen LogP contribution in [-0.4, -0.2) is 27.0 Å². The van der Waals surface area contributed by atoms with Gasteiger partial charge >= 0.3 is 0 Å². The summed E-state index contributed by atoms with van der Waals surface area (Å²) in [4.78, 5) is 17.0. The lowest BCUT2D eigenvalue weighted by Gasteiger charge is -2.12. The maximum absolute atomic E-state index is 14.0. The zero-order chi connectivity index (χ0) is 18.7. The van der Waals surface area contributed by atoms with E-state index in [4.69, 9.17) is 0 Å². The number of amides is 1. The third kappa shape index (κ3) is 3.45. The normalized spacial score (nSPS) is 11.1. The Labute approximate surface area is 152 Å². The Balaban J connectivity index is 1.96. The van der Waals surface area contributed by atoms with Crippen LogP contribution in [0.4, 0.5) is 4.39 Å². The van der Waals surface area contributed by atoms with E-state index in [1.54, 1.807) is 22.8 Å². The molecule has 0 aliphatic carbocycles. The topological polar surface area (TPSA) is 59.3 Å². The summed E-state index contributed by atoms with van der Waals surface area (Å²) in [5, 5.41) is 7.23. The standard InChI is InChI=1S/C20H23FN4O/c1-4-5-10-22-20(26)17-12-23-25-14(3)16(13(2)24-19(17)25)11-15-8-6-7-9-18(15)21/h6-9,12H,4-5,10-11H2,1-3H3,(H,22,26). The minimum absolute atomic E-state index is 0.165. The van der Waals surface area contributed by atoms with Gasteiger partial charge in [0.2, 0.25) is 0 Å². The number of halogens is 1. The first kappa shape index (κ1) is 18.0. The molecular formula is C20H23FN4O. The molecule has 0 saturated heterocycles. The van der Waals surface area contributed by atoms with Gasteiger partial charge in [0.25, 0.3) is 5.91 Å². The summed E-state index contributed by atoms with van der Waals surface area (Å²) in [6.45, 7) is 6.52. The van der Waals surface area contributed by atoms with Crippen LogP contribution >= 0.6 is 0 Å². The molecule has 0 radical (unpaired) electrons. The molecule has 26 heavy (non-hydrogen) atoms. The number of hydrogen-bond acceptors (Lipinski definition) is 3. The molecule has 6 heteroatoms. The highest BCUT2D eigenvalue weighted by molar-refractivity contribution is 5.99. The Hall–Kier alpha value is -2.76. The predicted molar refractivity (Wildman–Crippen MR) is 98.9 cm³/mol. The monoisotopic (exact) mass is 354 g/mol.